The summed E-state index contributed by atoms with van der Waals surface area (Å²) >= 11 is 0. The van der Waals surface area contributed by atoms with Crippen LogP contribution in [-0.2, 0) is 33.4 Å². The minimum atomic E-state index is -2.02. The predicted molar refractivity (Wildman–Crippen MR) is 87.3 cm³/mol. The summed E-state index contributed by atoms with van der Waals surface area (Å²) in [7, 11) is 0. The van der Waals surface area contributed by atoms with E-state index in [1.807, 2.05) is 6.92 Å². The van der Waals surface area contributed by atoms with Crippen molar-refractivity contribution in [2.24, 2.45) is 11.8 Å². The monoisotopic (exact) mass is 357 g/mol. The Hall–Kier alpha value is -2.12. The fraction of sp³-hybridized carbons (Fsp3) is 0.765. The van der Waals surface area contributed by atoms with Crippen LogP contribution in [0.1, 0.15) is 47.0 Å². The average Bonchev–Trinajstić information content (AvgIpc) is 2.87. The zero-order chi connectivity index (χ0) is 19.0. The van der Waals surface area contributed by atoms with Gasteiger partial charge in [-0.05, 0) is 27.2 Å². The van der Waals surface area contributed by atoms with Gasteiger partial charge in [0.1, 0.15) is 5.92 Å². The molecule has 142 valence electrons. The molecule has 1 rings (SSSR count). The van der Waals surface area contributed by atoms with Gasteiger partial charge in [0, 0.05) is 5.92 Å². The van der Waals surface area contributed by atoms with Gasteiger partial charge in [-0.15, -0.1) is 0 Å². The molecule has 0 aromatic heterocycles. The molecular formula is C17H27NO7. The highest BCUT2D eigenvalue weighted by Gasteiger charge is 2.66. The summed E-state index contributed by atoms with van der Waals surface area (Å²) in [6.07, 6.45) is 1.69. The maximum absolute atomic E-state index is 12.6. The van der Waals surface area contributed by atoms with E-state index < -0.39 is 41.2 Å². The number of carbonyl (C=O) groups is 4. The van der Waals surface area contributed by atoms with E-state index in [1.165, 1.54) is 0 Å². The Bertz CT molecular complexity index is 499. The Kier molecular flexibility index (Phi) is 7.86. The lowest BCUT2D eigenvalue weighted by Gasteiger charge is -2.31. The predicted octanol–water partition coefficient (Wildman–Crippen LogP) is 0.967. The van der Waals surface area contributed by atoms with Gasteiger partial charge in [-0.25, -0.2) is 9.59 Å². The maximum Gasteiger partial charge on any atom is 0.344 e. The number of amides is 1. The van der Waals surface area contributed by atoms with Gasteiger partial charge in [0.15, 0.2) is 0 Å². The smallest absolute Gasteiger partial charge is 0.344 e. The van der Waals surface area contributed by atoms with E-state index in [-0.39, 0.29) is 19.8 Å². The van der Waals surface area contributed by atoms with Crippen molar-refractivity contribution in [3.8, 4) is 0 Å². The van der Waals surface area contributed by atoms with Gasteiger partial charge in [-0.1, -0.05) is 19.8 Å². The van der Waals surface area contributed by atoms with Crippen LogP contribution in [0.25, 0.3) is 0 Å². The van der Waals surface area contributed by atoms with E-state index in [1.54, 1.807) is 20.8 Å². The van der Waals surface area contributed by atoms with Gasteiger partial charge >= 0.3 is 17.9 Å². The normalized spacial score (nSPS) is 21.4. The third-order valence-electron chi connectivity index (χ3n) is 4.17. The molecule has 1 saturated heterocycles. The van der Waals surface area contributed by atoms with E-state index in [4.69, 9.17) is 14.2 Å². The van der Waals surface area contributed by atoms with Crippen molar-refractivity contribution in [3.05, 3.63) is 0 Å². The fourth-order valence-corrected chi connectivity index (χ4v) is 3.09. The molecule has 2 atom stereocenters. The van der Waals surface area contributed by atoms with E-state index in [9.17, 15) is 19.2 Å². The number of nitrogens with one attached hydrogen (secondary N) is 1. The number of hydrogen-bond donors (Lipinski definition) is 1. The molecule has 25 heavy (non-hydrogen) atoms. The first-order valence-electron chi connectivity index (χ1n) is 8.73. The topological polar surface area (TPSA) is 108 Å². The quantitative estimate of drug-likeness (QED) is 0.372. The summed E-state index contributed by atoms with van der Waals surface area (Å²) in [5, 5.41) is 2.40. The zero-order valence-corrected chi connectivity index (χ0v) is 15.3. The van der Waals surface area contributed by atoms with Crippen molar-refractivity contribution in [3.63, 3.8) is 0 Å². The molecule has 1 fully saturated rings. The van der Waals surface area contributed by atoms with Gasteiger partial charge in [0.2, 0.25) is 11.4 Å². The molecule has 1 heterocycles. The Morgan fingerprint density at radius 2 is 1.48 bits per heavy atom. The van der Waals surface area contributed by atoms with Crippen LogP contribution >= 0.6 is 0 Å². The van der Waals surface area contributed by atoms with Crippen LogP contribution in [0.3, 0.4) is 0 Å². The Morgan fingerprint density at radius 1 is 0.960 bits per heavy atom. The summed E-state index contributed by atoms with van der Waals surface area (Å²) in [5.41, 5.74) is -2.02. The van der Waals surface area contributed by atoms with Crippen LogP contribution < -0.4 is 5.32 Å². The summed E-state index contributed by atoms with van der Waals surface area (Å²) < 4.78 is 15.0. The highest BCUT2D eigenvalue weighted by Crippen LogP contribution is 2.39. The first kappa shape index (κ1) is 20.9. The molecule has 0 bridgehead atoms. The molecule has 0 aliphatic carbocycles. The van der Waals surface area contributed by atoms with E-state index in [0.717, 1.165) is 6.42 Å². The zero-order valence-electron chi connectivity index (χ0n) is 15.3. The minimum absolute atomic E-state index is 0.0282. The van der Waals surface area contributed by atoms with Crippen LogP contribution in [0.4, 0.5) is 0 Å². The van der Waals surface area contributed by atoms with E-state index in [0.29, 0.717) is 12.8 Å². The van der Waals surface area contributed by atoms with Gasteiger partial charge in [-0.2, -0.15) is 0 Å². The second kappa shape index (κ2) is 9.39. The molecule has 0 unspecified atom stereocenters. The van der Waals surface area contributed by atoms with E-state index >= 15 is 0 Å². The molecule has 1 aliphatic heterocycles. The summed E-state index contributed by atoms with van der Waals surface area (Å²) in [6.45, 7) is 6.89. The number of carbonyl (C=O) groups excluding carboxylic acids is 4. The molecule has 1 N–H and O–H groups in total. The van der Waals surface area contributed by atoms with Crippen LogP contribution in [0, 0.1) is 11.8 Å². The first-order chi connectivity index (χ1) is 11.9. The second-order valence-electron chi connectivity index (χ2n) is 5.72. The van der Waals surface area contributed by atoms with Crippen molar-refractivity contribution in [1.29, 1.82) is 0 Å². The lowest BCUT2D eigenvalue weighted by Crippen LogP contribution is -2.61. The first-order valence-corrected chi connectivity index (χ1v) is 8.73. The SMILES string of the molecule is CCCC[C@H]1[C@@H](C(=O)OCC)C(=O)NC1(C(=O)OCC)C(=O)OCC. The van der Waals surface area contributed by atoms with Gasteiger partial charge < -0.3 is 19.5 Å². The Morgan fingerprint density at radius 3 is 1.92 bits per heavy atom. The van der Waals surface area contributed by atoms with Crippen molar-refractivity contribution in [2.75, 3.05) is 19.8 Å². The summed E-state index contributed by atoms with van der Waals surface area (Å²) in [6, 6.07) is 0. The third kappa shape index (κ3) is 4.11. The number of rotatable bonds is 9. The van der Waals surface area contributed by atoms with Gasteiger partial charge in [0.25, 0.3) is 0 Å². The summed E-state index contributed by atoms with van der Waals surface area (Å²) in [4.78, 5) is 50.0. The number of unbranched alkanes of at least 4 members (excludes halogenated alkanes) is 1. The van der Waals surface area contributed by atoms with Crippen molar-refractivity contribution in [2.45, 2.75) is 52.5 Å². The molecule has 8 heteroatoms. The standard InChI is InChI=1S/C17H27NO7/c1-5-9-10-11-12(14(20)23-6-2)13(19)18-17(11,15(21)24-7-3)16(22)25-8-4/h11-12H,5-10H2,1-4H3,(H,18,19)/t11-,12+/m0/s1. The molecule has 0 radical (unpaired) electrons. The molecule has 0 spiro atoms. The third-order valence-corrected chi connectivity index (χ3v) is 4.17. The van der Waals surface area contributed by atoms with Crippen molar-refractivity contribution in [1.82, 2.24) is 5.32 Å². The van der Waals surface area contributed by atoms with E-state index in [2.05, 4.69) is 5.32 Å². The highest BCUT2D eigenvalue weighted by atomic mass is 16.6. The molecule has 0 aromatic rings. The molecule has 0 aromatic carbocycles. The lowest BCUT2D eigenvalue weighted by molar-refractivity contribution is -0.169. The molecular weight excluding hydrogens is 330 g/mol. The summed E-state index contributed by atoms with van der Waals surface area (Å²) in [5.74, 6) is -5.46. The molecule has 1 amide bonds. The van der Waals surface area contributed by atoms with Crippen LogP contribution in [-0.4, -0.2) is 49.2 Å². The number of esters is 3. The van der Waals surface area contributed by atoms with Crippen molar-refractivity contribution < 1.29 is 33.4 Å². The molecule has 1 aliphatic rings. The minimum Gasteiger partial charge on any atom is -0.465 e. The van der Waals surface area contributed by atoms with Gasteiger partial charge in [-0.3, -0.25) is 9.59 Å². The number of hydrogen-bond acceptors (Lipinski definition) is 7. The van der Waals surface area contributed by atoms with Gasteiger partial charge in [0.05, 0.1) is 19.8 Å². The Labute approximate surface area is 147 Å². The van der Waals surface area contributed by atoms with Crippen LogP contribution in [0.15, 0.2) is 0 Å². The van der Waals surface area contributed by atoms with Crippen LogP contribution in [0.5, 0.6) is 0 Å². The largest absolute Gasteiger partial charge is 0.465 e. The lowest BCUT2D eigenvalue weighted by atomic mass is 9.76. The van der Waals surface area contributed by atoms with Crippen molar-refractivity contribution >= 4 is 23.8 Å². The maximum atomic E-state index is 12.6. The number of ether oxygens (including phenoxy) is 3. The molecule has 8 nitrogen and oxygen atoms in total. The Balaban J connectivity index is 3.38. The fourth-order valence-electron chi connectivity index (χ4n) is 3.09. The van der Waals surface area contributed by atoms with Crippen LogP contribution in [0.2, 0.25) is 0 Å². The second-order valence-corrected chi connectivity index (χ2v) is 5.72. The molecule has 0 saturated carbocycles. The average molecular weight is 357 g/mol. The highest BCUT2D eigenvalue weighted by molar-refractivity contribution is 6.14.